The lowest BCUT2D eigenvalue weighted by Crippen LogP contribution is -2.39. The molecule has 0 bridgehead atoms. The van der Waals surface area contributed by atoms with Gasteiger partial charge in [0.1, 0.15) is 0 Å². The third-order valence-electron chi connectivity index (χ3n) is 2.37. The van der Waals surface area contributed by atoms with Gasteiger partial charge in [-0.2, -0.15) is 0 Å². The van der Waals surface area contributed by atoms with Crippen LogP contribution in [0.2, 0.25) is 0 Å². The molecular formula is C11H17BrN2OS. The van der Waals surface area contributed by atoms with Crippen molar-refractivity contribution in [2.45, 2.75) is 26.4 Å². The van der Waals surface area contributed by atoms with Gasteiger partial charge in [-0.1, -0.05) is 0 Å². The summed E-state index contributed by atoms with van der Waals surface area (Å²) < 4.78 is 1.12. The molecule has 0 radical (unpaired) electrons. The van der Waals surface area contributed by atoms with Crippen LogP contribution in [-0.4, -0.2) is 30.4 Å². The standard InChI is InChI=1S/C11H17BrN2OS/c1-8(2)14(3)11(15)7-13-6-9-4-5-10(12)16-9/h4-5,8,13H,6-7H2,1-3H3. The van der Waals surface area contributed by atoms with E-state index in [2.05, 4.69) is 27.3 Å². The van der Waals surface area contributed by atoms with Gasteiger partial charge in [0.25, 0.3) is 0 Å². The maximum atomic E-state index is 11.6. The van der Waals surface area contributed by atoms with Crippen LogP contribution in [0.15, 0.2) is 15.9 Å². The molecule has 5 heteroatoms. The van der Waals surface area contributed by atoms with Crippen LogP contribution in [-0.2, 0) is 11.3 Å². The average molecular weight is 305 g/mol. The van der Waals surface area contributed by atoms with E-state index >= 15 is 0 Å². The molecule has 0 aromatic carbocycles. The first-order chi connectivity index (χ1) is 7.50. The Labute approximate surface area is 109 Å². The third-order valence-corrected chi connectivity index (χ3v) is 4.00. The highest BCUT2D eigenvalue weighted by atomic mass is 79.9. The summed E-state index contributed by atoms with van der Waals surface area (Å²) in [5, 5.41) is 3.15. The minimum Gasteiger partial charge on any atom is -0.342 e. The van der Waals surface area contributed by atoms with E-state index in [0.29, 0.717) is 6.54 Å². The van der Waals surface area contributed by atoms with Crippen LogP contribution < -0.4 is 5.32 Å². The maximum Gasteiger partial charge on any atom is 0.236 e. The fourth-order valence-electron chi connectivity index (χ4n) is 1.15. The Morgan fingerprint density at radius 3 is 2.75 bits per heavy atom. The van der Waals surface area contributed by atoms with Crippen molar-refractivity contribution in [1.82, 2.24) is 10.2 Å². The predicted molar refractivity (Wildman–Crippen MR) is 71.6 cm³/mol. The van der Waals surface area contributed by atoms with Gasteiger partial charge >= 0.3 is 0 Å². The molecule has 0 spiro atoms. The highest BCUT2D eigenvalue weighted by Crippen LogP contribution is 2.21. The molecule has 3 nitrogen and oxygen atoms in total. The largest absolute Gasteiger partial charge is 0.342 e. The Kier molecular flexibility index (Phi) is 5.44. The summed E-state index contributed by atoms with van der Waals surface area (Å²) in [5.41, 5.74) is 0. The molecule has 0 unspecified atom stereocenters. The van der Waals surface area contributed by atoms with Crippen LogP contribution in [0.1, 0.15) is 18.7 Å². The molecule has 0 fully saturated rings. The fraction of sp³-hybridized carbons (Fsp3) is 0.545. The van der Waals surface area contributed by atoms with Crippen molar-refractivity contribution in [3.05, 3.63) is 20.8 Å². The number of nitrogens with one attached hydrogen (secondary N) is 1. The normalized spacial score (nSPS) is 10.8. The molecular weight excluding hydrogens is 288 g/mol. The van der Waals surface area contributed by atoms with Gasteiger partial charge in [-0.3, -0.25) is 4.79 Å². The third kappa shape index (κ3) is 4.23. The molecule has 0 aliphatic carbocycles. The number of rotatable bonds is 5. The maximum absolute atomic E-state index is 11.6. The van der Waals surface area contributed by atoms with Gasteiger partial charge in [0.15, 0.2) is 0 Å². The Morgan fingerprint density at radius 2 is 2.25 bits per heavy atom. The van der Waals surface area contributed by atoms with E-state index in [-0.39, 0.29) is 11.9 Å². The zero-order valence-electron chi connectivity index (χ0n) is 9.79. The summed E-state index contributed by atoms with van der Waals surface area (Å²) in [6.07, 6.45) is 0. The lowest BCUT2D eigenvalue weighted by molar-refractivity contribution is -0.130. The highest BCUT2D eigenvalue weighted by Gasteiger charge is 2.10. The molecule has 1 amide bonds. The number of amides is 1. The Bertz CT molecular complexity index is 352. The van der Waals surface area contributed by atoms with Gasteiger partial charge in [0.05, 0.1) is 10.3 Å². The number of nitrogens with zero attached hydrogens (tertiary/aromatic N) is 1. The van der Waals surface area contributed by atoms with Crippen LogP contribution in [0, 0.1) is 0 Å². The first kappa shape index (κ1) is 13.7. The smallest absolute Gasteiger partial charge is 0.236 e. The summed E-state index contributed by atoms with van der Waals surface area (Å²) in [6, 6.07) is 4.33. The first-order valence-electron chi connectivity index (χ1n) is 5.21. The second-order valence-electron chi connectivity index (χ2n) is 3.91. The van der Waals surface area contributed by atoms with Crippen molar-refractivity contribution >= 4 is 33.2 Å². The van der Waals surface area contributed by atoms with Crippen molar-refractivity contribution in [3.8, 4) is 0 Å². The van der Waals surface area contributed by atoms with Gasteiger partial charge in [0, 0.05) is 24.5 Å². The summed E-state index contributed by atoms with van der Waals surface area (Å²) in [7, 11) is 1.83. The van der Waals surface area contributed by atoms with E-state index in [1.54, 1.807) is 16.2 Å². The van der Waals surface area contributed by atoms with Gasteiger partial charge < -0.3 is 10.2 Å². The average Bonchev–Trinajstić information content (AvgIpc) is 2.62. The first-order valence-corrected chi connectivity index (χ1v) is 6.82. The number of hydrogen-bond acceptors (Lipinski definition) is 3. The van der Waals surface area contributed by atoms with Crippen molar-refractivity contribution in [2.24, 2.45) is 0 Å². The summed E-state index contributed by atoms with van der Waals surface area (Å²) >= 11 is 5.09. The fourth-order valence-corrected chi connectivity index (χ4v) is 2.60. The number of carbonyl (C=O) groups excluding carboxylic acids is 1. The zero-order chi connectivity index (χ0) is 12.1. The molecule has 0 atom stereocenters. The Morgan fingerprint density at radius 1 is 1.56 bits per heavy atom. The van der Waals surface area contributed by atoms with E-state index in [9.17, 15) is 4.79 Å². The summed E-state index contributed by atoms with van der Waals surface area (Å²) in [5.74, 6) is 0.130. The van der Waals surface area contributed by atoms with Crippen molar-refractivity contribution in [3.63, 3.8) is 0 Å². The van der Waals surface area contributed by atoms with Crippen LogP contribution >= 0.6 is 27.3 Å². The monoisotopic (exact) mass is 304 g/mol. The molecule has 0 aliphatic rings. The molecule has 1 rings (SSSR count). The molecule has 1 aromatic heterocycles. The van der Waals surface area contributed by atoms with Gasteiger partial charge in [-0.25, -0.2) is 0 Å². The van der Waals surface area contributed by atoms with E-state index in [1.807, 2.05) is 27.0 Å². The Balaban J connectivity index is 2.28. The minimum absolute atomic E-state index is 0.130. The van der Waals surface area contributed by atoms with Gasteiger partial charge in [-0.15, -0.1) is 11.3 Å². The topological polar surface area (TPSA) is 32.3 Å². The highest BCUT2D eigenvalue weighted by molar-refractivity contribution is 9.11. The molecule has 1 N–H and O–H groups in total. The van der Waals surface area contributed by atoms with Crippen molar-refractivity contribution in [1.29, 1.82) is 0 Å². The van der Waals surface area contributed by atoms with E-state index in [0.717, 1.165) is 10.3 Å². The molecule has 1 aromatic rings. The number of carbonyl (C=O) groups is 1. The molecule has 1 heterocycles. The van der Waals surface area contributed by atoms with E-state index in [4.69, 9.17) is 0 Å². The second-order valence-corrected chi connectivity index (χ2v) is 6.46. The zero-order valence-corrected chi connectivity index (χ0v) is 12.2. The summed E-state index contributed by atoms with van der Waals surface area (Å²) in [6.45, 7) is 5.15. The van der Waals surface area contributed by atoms with Crippen LogP contribution in [0.25, 0.3) is 0 Å². The molecule has 0 saturated heterocycles. The van der Waals surface area contributed by atoms with Crippen LogP contribution in [0.3, 0.4) is 0 Å². The van der Waals surface area contributed by atoms with Crippen LogP contribution in [0.4, 0.5) is 0 Å². The van der Waals surface area contributed by atoms with Gasteiger partial charge in [-0.05, 0) is 41.9 Å². The predicted octanol–water partition coefficient (Wildman–Crippen LogP) is 2.47. The van der Waals surface area contributed by atoms with Crippen molar-refractivity contribution < 1.29 is 4.79 Å². The number of hydrogen-bond donors (Lipinski definition) is 1. The molecule has 16 heavy (non-hydrogen) atoms. The molecule has 0 saturated carbocycles. The molecule has 0 aliphatic heterocycles. The lowest BCUT2D eigenvalue weighted by atomic mass is 10.3. The SMILES string of the molecule is CC(C)N(C)C(=O)CNCc1ccc(Br)s1. The van der Waals surface area contributed by atoms with Crippen LogP contribution in [0.5, 0.6) is 0 Å². The number of halogens is 1. The second kappa shape index (κ2) is 6.37. The number of likely N-dealkylation sites (N-methyl/N-ethyl adjacent to an activating group) is 1. The molecule has 90 valence electrons. The van der Waals surface area contributed by atoms with Gasteiger partial charge in [0.2, 0.25) is 5.91 Å². The van der Waals surface area contributed by atoms with E-state index in [1.165, 1.54) is 4.88 Å². The van der Waals surface area contributed by atoms with Crippen molar-refractivity contribution in [2.75, 3.05) is 13.6 Å². The Hall–Kier alpha value is -0.390. The number of thiophene rings is 1. The summed E-state index contributed by atoms with van der Waals surface area (Å²) in [4.78, 5) is 14.6. The van der Waals surface area contributed by atoms with E-state index < -0.39 is 0 Å². The lowest BCUT2D eigenvalue weighted by Gasteiger charge is -2.21. The minimum atomic E-state index is 0.130. The quantitative estimate of drug-likeness (QED) is 0.906.